The minimum Gasteiger partial charge on any atom is -0.480 e. The van der Waals surface area contributed by atoms with Gasteiger partial charge in [0.25, 0.3) is 5.91 Å². The van der Waals surface area contributed by atoms with Gasteiger partial charge in [0, 0.05) is 12.0 Å². The van der Waals surface area contributed by atoms with Crippen LogP contribution in [-0.2, 0) is 9.53 Å². The van der Waals surface area contributed by atoms with Gasteiger partial charge >= 0.3 is 12.1 Å². The van der Waals surface area contributed by atoms with E-state index in [9.17, 15) is 19.5 Å². The number of nitrogens with one attached hydrogen (secondary N) is 2. The Hall–Kier alpha value is -3.79. The van der Waals surface area contributed by atoms with Gasteiger partial charge in [0.05, 0.1) is 0 Å². The fourth-order valence-corrected chi connectivity index (χ4v) is 4.37. The number of aromatic nitrogens is 1. The molecule has 0 fully saturated rings. The highest BCUT2D eigenvalue weighted by atomic mass is 32.2. The maximum absolute atomic E-state index is 12.4. The monoisotopic (exact) mass is 481 g/mol. The van der Waals surface area contributed by atoms with E-state index in [-0.39, 0.29) is 30.5 Å². The van der Waals surface area contributed by atoms with Crippen molar-refractivity contribution < 1.29 is 28.8 Å². The van der Waals surface area contributed by atoms with Crippen LogP contribution in [0.4, 0.5) is 10.7 Å². The molecule has 0 spiro atoms. The Kier molecular flexibility index (Phi) is 7.17. The summed E-state index contributed by atoms with van der Waals surface area (Å²) in [6.07, 6.45) is 1.36. The second kappa shape index (κ2) is 10.4. The number of nitrogens with zero attached hydrogens (tertiary/aromatic N) is 1. The summed E-state index contributed by atoms with van der Waals surface area (Å²) in [6.45, 7) is 0.122. The quantitative estimate of drug-likeness (QED) is 0.418. The van der Waals surface area contributed by atoms with Crippen molar-refractivity contribution in [2.45, 2.75) is 18.4 Å². The summed E-state index contributed by atoms with van der Waals surface area (Å²) in [5.74, 6) is -1.45. The number of fused-ring (bicyclic) bond motifs is 3. The Bertz CT molecular complexity index is 1170. The molecule has 1 aromatic heterocycles. The number of rotatable bonds is 9. The van der Waals surface area contributed by atoms with Gasteiger partial charge in [0.15, 0.2) is 5.69 Å². The van der Waals surface area contributed by atoms with Crippen LogP contribution in [0.2, 0.25) is 0 Å². The van der Waals surface area contributed by atoms with E-state index in [2.05, 4.69) is 15.8 Å². The van der Waals surface area contributed by atoms with E-state index >= 15 is 0 Å². The van der Waals surface area contributed by atoms with Crippen molar-refractivity contribution in [2.75, 3.05) is 23.9 Å². The lowest BCUT2D eigenvalue weighted by Gasteiger charge is -2.14. The molecule has 3 aromatic rings. The zero-order valence-electron chi connectivity index (χ0n) is 18.3. The molecule has 1 heterocycles. The predicted octanol–water partition coefficient (Wildman–Crippen LogP) is 3.97. The molecule has 0 saturated heterocycles. The molecule has 2 amide bonds. The molecule has 2 aromatic carbocycles. The van der Waals surface area contributed by atoms with Crippen molar-refractivity contribution in [3.8, 4) is 11.1 Å². The molecule has 0 radical (unpaired) electrons. The molecule has 4 rings (SSSR count). The molecule has 0 saturated carbocycles. The Morgan fingerprint density at radius 1 is 1.12 bits per heavy atom. The van der Waals surface area contributed by atoms with Crippen LogP contribution in [0.15, 0.2) is 59.1 Å². The summed E-state index contributed by atoms with van der Waals surface area (Å²) >= 11 is 1.48. The molecule has 1 aliphatic rings. The summed E-state index contributed by atoms with van der Waals surface area (Å²) in [5, 5.41) is 17.7. The Morgan fingerprint density at radius 2 is 1.76 bits per heavy atom. The highest BCUT2D eigenvalue weighted by Gasteiger charge is 2.29. The average molecular weight is 482 g/mol. The van der Waals surface area contributed by atoms with E-state index in [0.717, 1.165) is 22.3 Å². The second-order valence-electron chi connectivity index (χ2n) is 7.67. The SMILES string of the molecule is CSCCC(NC(=O)c1cc(NC(=O)OCC2c3ccccc3-c3ccccc32)on1)C(=O)O. The standard InChI is InChI=1S/C24H23N3O6S/c1-34-11-10-19(23(29)30)25-22(28)20-12-21(33-27-20)26-24(31)32-13-18-16-8-4-2-6-14(16)15-7-3-5-9-17(15)18/h2-9,12,18-19H,10-11,13H2,1H3,(H,25,28)(H,26,31)(H,29,30). The topological polar surface area (TPSA) is 131 Å². The molecule has 176 valence electrons. The van der Waals surface area contributed by atoms with Crippen molar-refractivity contribution in [1.82, 2.24) is 10.5 Å². The minimum absolute atomic E-state index is 0.0849. The van der Waals surface area contributed by atoms with E-state index in [1.54, 1.807) is 0 Å². The normalized spacial score (nSPS) is 13.0. The molecule has 34 heavy (non-hydrogen) atoms. The van der Waals surface area contributed by atoms with Gasteiger partial charge in [-0.05, 0) is 40.7 Å². The molecule has 0 aliphatic heterocycles. The van der Waals surface area contributed by atoms with Gasteiger partial charge < -0.3 is 19.7 Å². The fourth-order valence-electron chi connectivity index (χ4n) is 3.90. The average Bonchev–Trinajstić information content (AvgIpc) is 3.43. The molecule has 1 atom stereocenters. The highest BCUT2D eigenvalue weighted by Crippen LogP contribution is 2.44. The zero-order valence-corrected chi connectivity index (χ0v) is 19.1. The van der Waals surface area contributed by atoms with E-state index in [0.29, 0.717) is 5.75 Å². The molecule has 0 bridgehead atoms. The third kappa shape index (κ3) is 5.07. The smallest absolute Gasteiger partial charge is 0.414 e. The predicted molar refractivity (Wildman–Crippen MR) is 127 cm³/mol. The number of carboxylic acids is 1. The highest BCUT2D eigenvalue weighted by molar-refractivity contribution is 7.98. The summed E-state index contributed by atoms with van der Waals surface area (Å²) in [6, 6.07) is 16.2. The number of carbonyl (C=O) groups is 3. The van der Waals surface area contributed by atoms with E-state index < -0.39 is 24.0 Å². The molecular formula is C24H23N3O6S. The number of hydrogen-bond donors (Lipinski definition) is 3. The maximum atomic E-state index is 12.4. The molecule has 10 heteroatoms. The van der Waals surface area contributed by atoms with Crippen LogP contribution < -0.4 is 10.6 Å². The second-order valence-corrected chi connectivity index (χ2v) is 8.66. The fraction of sp³-hybridized carbons (Fsp3) is 0.250. The Labute approximate surface area is 199 Å². The number of aliphatic carboxylic acids is 1. The minimum atomic E-state index is -1.14. The van der Waals surface area contributed by atoms with E-state index in [4.69, 9.17) is 9.26 Å². The van der Waals surface area contributed by atoms with Crippen LogP contribution >= 0.6 is 11.8 Å². The molecular weight excluding hydrogens is 458 g/mol. The summed E-state index contributed by atoms with van der Waals surface area (Å²) < 4.78 is 10.4. The van der Waals surface area contributed by atoms with Crippen LogP contribution in [0.5, 0.6) is 0 Å². The summed E-state index contributed by atoms with van der Waals surface area (Å²) in [5.41, 5.74) is 4.27. The van der Waals surface area contributed by atoms with E-state index in [1.165, 1.54) is 17.8 Å². The number of carbonyl (C=O) groups excluding carboxylic acids is 2. The number of anilines is 1. The van der Waals surface area contributed by atoms with Gasteiger partial charge in [-0.3, -0.25) is 10.1 Å². The van der Waals surface area contributed by atoms with Crippen LogP contribution in [0.1, 0.15) is 34.0 Å². The summed E-state index contributed by atoms with van der Waals surface area (Å²) in [7, 11) is 0. The van der Waals surface area contributed by atoms with Gasteiger partial charge in [-0.15, -0.1) is 0 Å². The number of amides is 2. The third-order valence-electron chi connectivity index (χ3n) is 5.53. The van der Waals surface area contributed by atoms with Gasteiger partial charge in [0.2, 0.25) is 5.88 Å². The number of thioether (sulfide) groups is 1. The zero-order chi connectivity index (χ0) is 24.1. The van der Waals surface area contributed by atoms with Gasteiger partial charge in [-0.1, -0.05) is 53.7 Å². The lowest BCUT2D eigenvalue weighted by molar-refractivity contribution is -0.139. The molecule has 3 N–H and O–H groups in total. The van der Waals surface area contributed by atoms with Crippen LogP contribution in [0.25, 0.3) is 11.1 Å². The first kappa shape index (κ1) is 23.4. The van der Waals surface area contributed by atoms with E-state index in [1.807, 2.05) is 54.8 Å². The van der Waals surface area contributed by atoms with Crippen LogP contribution in [-0.4, -0.2) is 52.9 Å². The molecule has 1 unspecified atom stereocenters. The first-order valence-electron chi connectivity index (χ1n) is 10.6. The Morgan fingerprint density at radius 3 is 2.38 bits per heavy atom. The van der Waals surface area contributed by atoms with Crippen molar-refractivity contribution in [1.29, 1.82) is 0 Å². The first-order chi connectivity index (χ1) is 16.5. The third-order valence-corrected chi connectivity index (χ3v) is 6.17. The number of benzene rings is 2. The van der Waals surface area contributed by atoms with Gasteiger partial charge in [-0.25, -0.2) is 9.59 Å². The maximum Gasteiger partial charge on any atom is 0.414 e. The number of ether oxygens (including phenoxy) is 1. The Balaban J connectivity index is 1.35. The van der Waals surface area contributed by atoms with Crippen LogP contribution in [0.3, 0.4) is 0 Å². The van der Waals surface area contributed by atoms with Crippen LogP contribution in [0, 0.1) is 0 Å². The number of hydrogen-bond acceptors (Lipinski definition) is 7. The van der Waals surface area contributed by atoms with Crippen molar-refractivity contribution in [3.05, 3.63) is 71.4 Å². The summed E-state index contributed by atoms with van der Waals surface area (Å²) in [4.78, 5) is 36.0. The number of carboxylic acid groups (broad SMARTS) is 1. The lowest BCUT2D eigenvalue weighted by Crippen LogP contribution is -2.41. The first-order valence-corrected chi connectivity index (χ1v) is 12.0. The van der Waals surface area contributed by atoms with Gasteiger partial charge in [0.1, 0.15) is 12.6 Å². The lowest BCUT2D eigenvalue weighted by atomic mass is 9.98. The van der Waals surface area contributed by atoms with Gasteiger partial charge in [-0.2, -0.15) is 11.8 Å². The molecule has 1 aliphatic carbocycles. The largest absolute Gasteiger partial charge is 0.480 e. The van der Waals surface area contributed by atoms with Crippen molar-refractivity contribution in [3.63, 3.8) is 0 Å². The van der Waals surface area contributed by atoms with Crippen molar-refractivity contribution >= 4 is 35.6 Å². The molecule has 9 nitrogen and oxygen atoms in total. The van der Waals surface area contributed by atoms with Crippen molar-refractivity contribution in [2.24, 2.45) is 0 Å².